The van der Waals surface area contributed by atoms with Crippen molar-refractivity contribution < 1.29 is 4.74 Å². The third-order valence-electron chi connectivity index (χ3n) is 3.80. The fraction of sp³-hybridized carbons (Fsp3) is 1.00. The molecule has 0 aromatic carbocycles. The van der Waals surface area contributed by atoms with E-state index in [9.17, 15) is 0 Å². The minimum absolute atomic E-state index is 0.610. The van der Waals surface area contributed by atoms with Crippen LogP contribution in [0.1, 0.15) is 38.5 Å². The monoisotopic (exact) mass is 212 g/mol. The number of hydrogen-bond acceptors (Lipinski definition) is 3. The lowest BCUT2D eigenvalue weighted by molar-refractivity contribution is 0.00253. The van der Waals surface area contributed by atoms with Crippen LogP contribution in [0.3, 0.4) is 0 Å². The summed E-state index contributed by atoms with van der Waals surface area (Å²) in [5, 5.41) is 0. The number of hydrogen-bond donors (Lipinski definition) is 1. The molecule has 2 saturated heterocycles. The molecule has 3 nitrogen and oxygen atoms in total. The average molecular weight is 212 g/mol. The lowest BCUT2D eigenvalue weighted by Crippen LogP contribution is -2.49. The highest BCUT2D eigenvalue weighted by Crippen LogP contribution is 2.22. The van der Waals surface area contributed by atoms with E-state index < -0.39 is 0 Å². The summed E-state index contributed by atoms with van der Waals surface area (Å²) in [5.41, 5.74) is 5.89. The molecule has 2 heterocycles. The van der Waals surface area contributed by atoms with E-state index in [1.165, 1.54) is 45.1 Å². The average Bonchev–Trinajstić information content (AvgIpc) is 2.55. The molecule has 0 aromatic heterocycles. The van der Waals surface area contributed by atoms with Crippen molar-refractivity contribution in [3.8, 4) is 0 Å². The highest BCUT2D eigenvalue weighted by atomic mass is 16.5. The predicted octanol–water partition coefficient (Wildman–Crippen LogP) is 1.37. The van der Waals surface area contributed by atoms with Gasteiger partial charge >= 0.3 is 0 Å². The van der Waals surface area contributed by atoms with E-state index >= 15 is 0 Å². The molecular weight excluding hydrogens is 188 g/mol. The largest absolute Gasteiger partial charge is 0.380 e. The predicted molar refractivity (Wildman–Crippen MR) is 61.9 cm³/mol. The van der Waals surface area contributed by atoms with Crippen LogP contribution in [0.15, 0.2) is 0 Å². The van der Waals surface area contributed by atoms with E-state index in [0.717, 1.165) is 19.8 Å². The van der Waals surface area contributed by atoms with Gasteiger partial charge < -0.3 is 10.5 Å². The van der Waals surface area contributed by atoms with Gasteiger partial charge in [0.15, 0.2) is 0 Å². The van der Waals surface area contributed by atoms with Crippen molar-refractivity contribution in [1.29, 1.82) is 0 Å². The maximum atomic E-state index is 5.89. The third kappa shape index (κ3) is 2.92. The second-order valence-corrected chi connectivity index (χ2v) is 4.85. The van der Waals surface area contributed by atoms with Gasteiger partial charge in [-0.3, -0.25) is 4.90 Å². The molecule has 88 valence electrons. The Morgan fingerprint density at radius 1 is 1.13 bits per heavy atom. The Morgan fingerprint density at radius 2 is 2.07 bits per heavy atom. The molecule has 15 heavy (non-hydrogen) atoms. The van der Waals surface area contributed by atoms with Gasteiger partial charge in [0, 0.05) is 25.2 Å². The van der Waals surface area contributed by atoms with Gasteiger partial charge in [-0.05, 0) is 32.2 Å². The molecule has 2 unspecified atom stereocenters. The summed E-state index contributed by atoms with van der Waals surface area (Å²) in [7, 11) is 0. The van der Waals surface area contributed by atoms with Crippen LogP contribution in [0.4, 0.5) is 0 Å². The van der Waals surface area contributed by atoms with Gasteiger partial charge in [-0.2, -0.15) is 0 Å². The molecule has 2 aliphatic heterocycles. The number of rotatable bonds is 2. The zero-order valence-electron chi connectivity index (χ0n) is 9.66. The molecule has 0 aromatic rings. The topological polar surface area (TPSA) is 38.5 Å². The van der Waals surface area contributed by atoms with Gasteiger partial charge in [0.2, 0.25) is 0 Å². The van der Waals surface area contributed by atoms with Crippen LogP contribution in [-0.4, -0.2) is 43.3 Å². The van der Waals surface area contributed by atoms with E-state index in [1.54, 1.807) is 0 Å². The Morgan fingerprint density at radius 3 is 2.80 bits per heavy atom. The van der Waals surface area contributed by atoms with Crippen molar-refractivity contribution in [2.45, 2.75) is 50.6 Å². The first-order valence-electron chi connectivity index (χ1n) is 6.45. The summed E-state index contributed by atoms with van der Waals surface area (Å²) in [4.78, 5) is 2.63. The number of nitrogens with two attached hydrogens (primary N) is 1. The summed E-state index contributed by atoms with van der Waals surface area (Å²) >= 11 is 0. The third-order valence-corrected chi connectivity index (χ3v) is 3.80. The second-order valence-electron chi connectivity index (χ2n) is 4.85. The van der Waals surface area contributed by atoms with Gasteiger partial charge in [-0.25, -0.2) is 0 Å². The maximum absolute atomic E-state index is 5.89. The summed E-state index contributed by atoms with van der Waals surface area (Å²) in [6.45, 7) is 3.93. The van der Waals surface area contributed by atoms with E-state index in [1.807, 2.05) is 0 Å². The van der Waals surface area contributed by atoms with Gasteiger partial charge in [-0.15, -0.1) is 0 Å². The zero-order valence-corrected chi connectivity index (χ0v) is 9.66. The quantitative estimate of drug-likeness (QED) is 0.751. The smallest absolute Gasteiger partial charge is 0.0621 e. The minimum Gasteiger partial charge on any atom is -0.380 e. The molecule has 0 aliphatic carbocycles. The zero-order chi connectivity index (χ0) is 10.5. The number of ether oxygens (including phenoxy) is 1. The van der Waals surface area contributed by atoms with Gasteiger partial charge in [0.25, 0.3) is 0 Å². The van der Waals surface area contributed by atoms with Crippen molar-refractivity contribution in [1.82, 2.24) is 4.90 Å². The SMILES string of the molecule is NCC1CCCCCN1C1CCCOC1. The summed E-state index contributed by atoms with van der Waals surface area (Å²) in [6.07, 6.45) is 7.88. The van der Waals surface area contributed by atoms with Crippen molar-refractivity contribution in [2.24, 2.45) is 5.73 Å². The van der Waals surface area contributed by atoms with Crippen LogP contribution in [0.5, 0.6) is 0 Å². The molecule has 2 atom stereocenters. The summed E-state index contributed by atoms with van der Waals surface area (Å²) in [6, 6.07) is 1.25. The first-order chi connectivity index (χ1) is 7.42. The van der Waals surface area contributed by atoms with Crippen molar-refractivity contribution in [2.75, 3.05) is 26.3 Å². The van der Waals surface area contributed by atoms with Crippen LogP contribution in [0, 0.1) is 0 Å². The van der Waals surface area contributed by atoms with E-state index in [-0.39, 0.29) is 0 Å². The Bertz CT molecular complexity index is 180. The van der Waals surface area contributed by atoms with E-state index in [4.69, 9.17) is 10.5 Å². The van der Waals surface area contributed by atoms with Crippen LogP contribution >= 0.6 is 0 Å². The molecule has 2 rings (SSSR count). The lowest BCUT2D eigenvalue weighted by Gasteiger charge is -2.38. The summed E-state index contributed by atoms with van der Waals surface area (Å²) in [5.74, 6) is 0. The molecule has 2 fully saturated rings. The maximum Gasteiger partial charge on any atom is 0.0621 e. The molecular formula is C12H24N2O. The molecule has 0 saturated carbocycles. The fourth-order valence-electron chi connectivity index (χ4n) is 2.92. The van der Waals surface area contributed by atoms with Crippen LogP contribution < -0.4 is 5.73 Å². The number of likely N-dealkylation sites (tertiary alicyclic amines) is 1. The van der Waals surface area contributed by atoms with E-state index in [0.29, 0.717) is 12.1 Å². The van der Waals surface area contributed by atoms with E-state index in [2.05, 4.69) is 4.90 Å². The summed E-state index contributed by atoms with van der Waals surface area (Å²) < 4.78 is 5.59. The Hall–Kier alpha value is -0.120. The second kappa shape index (κ2) is 5.83. The first kappa shape index (κ1) is 11.4. The van der Waals surface area contributed by atoms with Gasteiger partial charge in [0.05, 0.1) is 6.61 Å². The molecule has 0 spiro atoms. The Labute approximate surface area is 93.0 Å². The van der Waals surface area contributed by atoms with Crippen LogP contribution in [-0.2, 0) is 4.74 Å². The molecule has 0 bridgehead atoms. The van der Waals surface area contributed by atoms with Crippen molar-refractivity contribution in [3.63, 3.8) is 0 Å². The molecule has 0 amide bonds. The Balaban J connectivity index is 1.95. The Kier molecular flexibility index (Phi) is 4.42. The minimum atomic E-state index is 0.610. The van der Waals surface area contributed by atoms with Crippen LogP contribution in [0.25, 0.3) is 0 Å². The van der Waals surface area contributed by atoms with Crippen molar-refractivity contribution >= 4 is 0 Å². The van der Waals surface area contributed by atoms with Gasteiger partial charge in [0.1, 0.15) is 0 Å². The molecule has 3 heteroatoms. The fourth-order valence-corrected chi connectivity index (χ4v) is 2.92. The van der Waals surface area contributed by atoms with Gasteiger partial charge in [-0.1, -0.05) is 12.8 Å². The van der Waals surface area contributed by atoms with Crippen LogP contribution in [0.2, 0.25) is 0 Å². The molecule has 2 aliphatic rings. The molecule has 0 radical (unpaired) electrons. The highest BCUT2D eigenvalue weighted by Gasteiger charge is 2.28. The lowest BCUT2D eigenvalue weighted by atomic mass is 10.0. The standard InChI is InChI=1S/C12H24N2O/c13-9-11-5-2-1-3-7-14(11)12-6-4-8-15-10-12/h11-12H,1-10,13H2. The normalized spacial score (nSPS) is 35.0. The van der Waals surface area contributed by atoms with Crippen molar-refractivity contribution in [3.05, 3.63) is 0 Å². The number of nitrogens with zero attached hydrogens (tertiary/aromatic N) is 1. The highest BCUT2D eigenvalue weighted by molar-refractivity contribution is 4.83. The molecule has 2 N–H and O–H groups in total. The first-order valence-corrected chi connectivity index (χ1v) is 6.45.